The summed E-state index contributed by atoms with van der Waals surface area (Å²) >= 11 is 1.94. The second-order valence-electron chi connectivity index (χ2n) is 4.36. The fraction of sp³-hybridized carbons (Fsp3) is 1.00. The average molecular weight is 189 g/mol. The lowest BCUT2D eigenvalue weighted by molar-refractivity contribution is 0.381. The van der Waals surface area contributed by atoms with Crippen LogP contribution in [0.2, 0.25) is 0 Å². The van der Waals surface area contributed by atoms with Crippen LogP contribution in [-0.2, 0) is 0 Å². The lowest BCUT2D eigenvalue weighted by atomic mass is 10.1. The van der Waals surface area contributed by atoms with E-state index in [1.54, 1.807) is 0 Å². The highest BCUT2D eigenvalue weighted by Crippen LogP contribution is 2.10. The molecule has 12 heavy (non-hydrogen) atoms. The number of hydrogen-bond acceptors (Lipinski definition) is 2. The molecule has 0 rings (SSSR count). The molecule has 0 radical (unpaired) electrons. The lowest BCUT2D eigenvalue weighted by Crippen LogP contribution is -2.39. The van der Waals surface area contributed by atoms with Crippen molar-refractivity contribution in [2.75, 3.05) is 18.6 Å². The maximum atomic E-state index is 3.54. The van der Waals surface area contributed by atoms with Gasteiger partial charge in [-0.2, -0.15) is 11.8 Å². The SMILES string of the molecule is CC[C@H](CNC(C)(C)C)CSC. The Hall–Kier alpha value is 0.310. The van der Waals surface area contributed by atoms with Crippen molar-refractivity contribution in [2.24, 2.45) is 5.92 Å². The molecule has 1 nitrogen and oxygen atoms in total. The molecule has 0 saturated heterocycles. The van der Waals surface area contributed by atoms with Crippen molar-refractivity contribution in [1.82, 2.24) is 5.32 Å². The minimum atomic E-state index is 0.270. The second-order valence-corrected chi connectivity index (χ2v) is 5.27. The van der Waals surface area contributed by atoms with E-state index in [1.165, 1.54) is 12.2 Å². The van der Waals surface area contributed by atoms with Gasteiger partial charge < -0.3 is 5.32 Å². The molecule has 0 bridgehead atoms. The Kier molecular flexibility index (Phi) is 6.02. The molecule has 0 spiro atoms. The van der Waals surface area contributed by atoms with Crippen LogP contribution in [0.25, 0.3) is 0 Å². The summed E-state index contributed by atoms with van der Waals surface area (Å²) in [5, 5.41) is 3.54. The molecule has 0 aliphatic rings. The lowest BCUT2D eigenvalue weighted by Gasteiger charge is -2.24. The molecule has 0 amide bonds. The van der Waals surface area contributed by atoms with Crippen LogP contribution in [0.5, 0.6) is 0 Å². The van der Waals surface area contributed by atoms with Crippen molar-refractivity contribution in [3.63, 3.8) is 0 Å². The van der Waals surface area contributed by atoms with Gasteiger partial charge in [-0.3, -0.25) is 0 Å². The third-order valence-electron chi connectivity index (χ3n) is 1.90. The molecule has 0 heterocycles. The fourth-order valence-corrected chi connectivity index (χ4v) is 1.83. The molecule has 0 aromatic rings. The Morgan fingerprint density at radius 1 is 1.33 bits per heavy atom. The molecule has 1 N–H and O–H groups in total. The van der Waals surface area contributed by atoms with Crippen LogP contribution >= 0.6 is 11.8 Å². The first-order valence-corrected chi connectivity index (χ1v) is 6.13. The van der Waals surface area contributed by atoms with Gasteiger partial charge in [0, 0.05) is 5.54 Å². The van der Waals surface area contributed by atoms with Gasteiger partial charge in [0.05, 0.1) is 0 Å². The van der Waals surface area contributed by atoms with E-state index in [1.807, 2.05) is 11.8 Å². The highest BCUT2D eigenvalue weighted by atomic mass is 32.2. The van der Waals surface area contributed by atoms with Gasteiger partial charge in [-0.25, -0.2) is 0 Å². The smallest absolute Gasteiger partial charge is 0.00966 e. The molecule has 74 valence electrons. The van der Waals surface area contributed by atoms with Crippen molar-refractivity contribution in [3.8, 4) is 0 Å². The van der Waals surface area contributed by atoms with Gasteiger partial charge in [-0.1, -0.05) is 13.3 Å². The Morgan fingerprint density at radius 3 is 2.25 bits per heavy atom. The summed E-state index contributed by atoms with van der Waals surface area (Å²) in [6.07, 6.45) is 3.46. The number of thioether (sulfide) groups is 1. The molecular formula is C10H23NS. The van der Waals surface area contributed by atoms with Crippen LogP contribution in [0, 0.1) is 5.92 Å². The third-order valence-corrected chi connectivity index (χ3v) is 2.71. The van der Waals surface area contributed by atoms with E-state index < -0.39 is 0 Å². The number of rotatable bonds is 5. The van der Waals surface area contributed by atoms with E-state index in [9.17, 15) is 0 Å². The molecule has 0 aliphatic carbocycles. The third kappa shape index (κ3) is 6.99. The molecular weight excluding hydrogens is 166 g/mol. The molecule has 0 aromatic heterocycles. The Bertz CT molecular complexity index is 107. The minimum absolute atomic E-state index is 0.270. The Labute approximate surface area is 81.7 Å². The van der Waals surface area contributed by atoms with Gasteiger partial charge in [0.2, 0.25) is 0 Å². The van der Waals surface area contributed by atoms with Crippen LogP contribution < -0.4 is 5.32 Å². The average Bonchev–Trinajstić information content (AvgIpc) is 1.96. The highest BCUT2D eigenvalue weighted by Gasteiger charge is 2.11. The molecule has 0 aromatic carbocycles. The zero-order valence-corrected chi connectivity index (χ0v) is 9.92. The highest BCUT2D eigenvalue weighted by molar-refractivity contribution is 7.98. The van der Waals surface area contributed by atoms with Gasteiger partial charge in [-0.05, 0) is 45.2 Å². The van der Waals surface area contributed by atoms with Crippen LogP contribution in [0.4, 0.5) is 0 Å². The summed E-state index contributed by atoms with van der Waals surface area (Å²) in [6, 6.07) is 0. The van der Waals surface area contributed by atoms with Crippen LogP contribution in [0.1, 0.15) is 34.1 Å². The Balaban J connectivity index is 3.58. The van der Waals surface area contributed by atoms with Gasteiger partial charge in [0.1, 0.15) is 0 Å². The van der Waals surface area contributed by atoms with Gasteiger partial charge in [0.15, 0.2) is 0 Å². The molecule has 0 fully saturated rings. The second kappa shape index (κ2) is 5.87. The van der Waals surface area contributed by atoms with Crippen molar-refractivity contribution in [2.45, 2.75) is 39.7 Å². The fourth-order valence-electron chi connectivity index (χ4n) is 1.01. The molecule has 0 unspecified atom stereocenters. The van der Waals surface area contributed by atoms with Gasteiger partial charge >= 0.3 is 0 Å². The molecule has 0 aliphatic heterocycles. The normalized spacial score (nSPS) is 14.8. The van der Waals surface area contributed by atoms with E-state index >= 15 is 0 Å². The first-order chi connectivity index (χ1) is 5.49. The van der Waals surface area contributed by atoms with Crippen LogP contribution in [0.15, 0.2) is 0 Å². The molecule has 1 atom stereocenters. The van der Waals surface area contributed by atoms with E-state index in [4.69, 9.17) is 0 Å². The topological polar surface area (TPSA) is 12.0 Å². The maximum absolute atomic E-state index is 3.54. The number of hydrogen-bond donors (Lipinski definition) is 1. The maximum Gasteiger partial charge on any atom is 0.00966 e. The molecule has 0 saturated carbocycles. The van der Waals surface area contributed by atoms with Gasteiger partial charge in [0.25, 0.3) is 0 Å². The summed E-state index contributed by atoms with van der Waals surface area (Å²) in [5.41, 5.74) is 0.270. The Morgan fingerprint density at radius 2 is 1.92 bits per heavy atom. The predicted molar refractivity (Wildman–Crippen MR) is 59.9 cm³/mol. The zero-order chi connectivity index (χ0) is 9.61. The summed E-state index contributed by atoms with van der Waals surface area (Å²) in [4.78, 5) is 0. The zero-order valence-electron chi connectivity index (χ0n) is 9.11. The monoisotopic (exact) mass is 189 g/mol. The summed E-state index contributed by atoms with van der Waals surface area (Å²) in [5.74, 6) is 2.11. The number of nitrogens with one attached hydrogen (secondary N) is 1. The standard InChI is InChI=1S/C10H23NS/c1-6-9(8-12-5)7-11-10(2,3)4/h9,11H,6-8H2,1-5H3/t9-/m1/s1. The largest absolute Gasteiger partial charge is 0.312 e. The van der Waals surface area contributed by atoms with Crippen molar-refractivity contribution >= 4 is 11.8 Å². The summed E-state index contributed by atoms with van der Waals surface area (Å²) in [7, 11) is 0. The summed E-state index contributed by atoms with van der Waals surface area (Å²) < 4.78 is 0. The first-order valence-electron chi connectivity index (χ1n) is 4.73. The van der Waals surface area contributed by atoms with Crippen molar-refractivity contribution in [3.05, 3.63) is 0 Å². The van der Waals surface area contributed by atoms with E-state index in [2.05, 4.69) is 39.3 Å². The molecule has 2 heteroatoms. The minimum Gasteiger partial charge on any atom is -0.312 e. The van der Waals surface area contributed by atoms with E-state index in [-0.39, 0.29) is 5.54 Å². The predicted octanol–water partition coefficient (Wildman–Crippen LogP) is 2.76. The van der Waals surface area contributed by atoms with Crippen LogP contribution in [-0.4, -0.2) is 24.1 Å². The van der Waals surface area contributed by atoms with E-state index in [0.717, 1.165) is 12.5 Å². The summed E-state index contributed by atoms with van der Waals surface area (Å²) in [6.45, 7) is 10.1. The van der Waals surface area contributed by atoms with E-state index in [0.29, 0.717) is 0 Å². The first kappa shape index (κ1) is 12.3. The van der Waals surface area contributed by atoms with Gasteiger partial charge in [-0.15, -0.1) is 0 Å². The van der Waals surface area contributed by atoms with Crippen molar-refractivity contribution in [1.29, 1.82) is 0 Å². The quantitative estimate of drug-likeness (QED) is 0.714. The van der Waals surface area contributed by atoms with Crippen LogP contribution in [0.3, 0.4) is 0 Å². The van der Waals surface area contributed by atoms with Crippen molar-refractivity contribution < 1.29 is 0 Å².